The molecule has 2 heterocycles. The number of amides is 1. The Morgan fingerprint density at radius 3 is 2.76 bits per heavy atom. The summed E-state index contributed by atoms with van der Waals surface area (Å²) in [6.07, 6.45) is 0.948. The van der Waals surface area contributed by atoms with Crippen LogP contribution in [0.3, 0.4) is 0 Å². The number of aromatic nitrogens is 2. The van der Waals surface area contributed by atoms with Crippen LogP contribution in [-0.4, -0.2) is 45.3 Å². The third-order valence-electron chi connectivity index (χ3n) is 3.71. The van der Waals surface area contributed by atoms with E-state index in [2.05, 4.69) is 10.2 Å². The molecule has 0 aliphatic carbocycles. The van der Waals surface area contributed by atoms with E-state index in [1.54, 1.807) is 17.0 Å². The zero-order valence-electron chi connectivity index (χ0n) is 11.4. The van der Waals surface area contributed by atoms with Crippen LogP contribution in [0.15, 0.2) is 30.3 Å². The maximum atomic E-state index is 12.4. The molecule has 2 N–H and O–H groups in total. The van der Waals surface area contributed by atoms with E-state index in [1.165, 1.54) is 0 Å². The molecule has 0 atom stereocenters. The van der Waals surface area contributed by atoms with E-state index in [0.717, 1.165) is 5.56 Å². The molecule has 5 nitrogen and oxygen atoms in total. The van der Waals surface area contributed by atoms with Crippen molar-refractivity contribution in [1.82, 2.24) is 15.1 Å². The fourth-order valence-corrected chi connectivity index (χ4v) is 2.71. The number of rotatable bonds is 2. The largest absolute Gasteiger partial charge is 0.393 e. The van der Waals surface area contributed by atoms with Crippen molar-refractivity contribution in [3.8, 4) is 11.3 Å². The van der Waals surface area contributed by atoms with E-state index in [9.17, 15) is 9.90 Å². The predicted molar refractivity (Wildman–Crippen MR) is 80.2 cm³/mol. The highest BCUT2D eigenvalue weighted by molar-refractivity contribution is 6.33. The summed E-state index contributed by atoms with van der Waals surface area (Å²) in [7, 11) is 0. The van der Waals surface area contributed by atoms with E-state index in [0.29, 0.717) is 42.3 Å². The van der Waals surface area contributed by atoms with Gasteiger partial charge in [-0.05, 0) is 25.0 Å². The number of hydrogen-bond acceptors (Lipinski definition) is 3. The number of aromatic amines is 1. The number of hydrogen-bond donors (Lipinski definition) is 2. The first kappa shape index (κ1) is 14.1. The zero-order chi connectivity index (χ0) is 14.8. The van der Waals surface area contributed by atoms with Crippen molar-refractivity contribution in [3.05, 3.63) is 41.0 Å². The fourth-order valence-electron chi connectivity index (χ4n) is 2.48. The van der Waals surface area contributed by atoms with Crippen molar-refractivity contribution in [2.24, 2.45) is 0 Å². The van der Waals surface area contributed by atoms with E-state index < -0.39 is 0 Å². The van der Waals surface area contributed by atoms with Gasteiger partial charge < -0.3 is 10.0 Å². The molecule has 3 rings (SSSR count). The van der Waals surface area contributed by atoms with Crippen molar-refractivity contribution >= 4 is 17.5 Å². The number of carbonyl (C=O) groups excluding carboxylic acids is 1. The zero-order valence-corrected chi connectivity index (χ0v) is 12.2. The monoisotopic (exact) mass is 305 g/mol. The second-order valence-electron chi connectivity index (χ2n) is 5.17. The maximum Gasteiger partial charge on any atom is 0.271 e. The summed E-state index contributed by atoms with van der Waals surface area (Å²) in [6.45, 7) is 1.14. The fraction of sp³-hybridized carbons (Fsp3) is 0.333. The van der Waals surface area contributed by atoms with Crippen LogP contribution in [0.1, 0.15) is 23.3 Å². The maximum absolute atomic E-state index is 12.4. The average molecular weight is 306 g/mol. The lowest BCUT2D eigenvalue weighted by Gasteiger charge is -2.29. The van der Waals surface area contributed by atoms with Crippen LogP contribution in [0.5, 0.6) is 0 Å². The highest BCUT2D eigenvalue weighted by atomic mass is 35.5. The van der Waals surface area contributed by atoms with Crippen LogP contribution in [0.4, 0.5) is 0 Å². The van der Waals surface area contributed by atoms with Gasteiger partial charge >= 0.3 is 0 Å². The number of H-pyrrole nitrogens is 1. The van der Waals surface area contributed by atoms with Crippen molar-refractivity contribution in [2.45, 2.75) is 18.9 Å². The van der Waals surface area contributed by atoms with Gasteiger partial charge in [-0.3, -0.25) is 9.89 Å². The standard InChI is InChI=1S/C15H16ClN3O2/c16-12-4-2-1-3-11(12)13-9-14(18-17-13)15(21)19-7-5-10(20)6-8-19/h1-4,9-10,20H,5-8H2,(H,17,18). The lowest BCUT2D eigenvalue weighted by molar-refractivity contribution is 0.0541. The molecular weight excluding hydrogens is 290 g/mol. The van der Waals surface area contributed by atoms with Gasteiger partial charge in [0.1, 0.15) is 5.69 Å². The number of aliphatic hydroxyl groups excluding tert-OH is 1. The summed E-state index contributed by atoms with van der Waals surface area (Å²) in [5, 5.41) is 17.0. The second kappa shape index (κ2) is 5.87. The number of nitrogens with one attached hydrogen (secondary N) is 1. The van der Waals surface area contributed by atoms with Gasteiger partial charge in [-0.15, -0.1) is 0 Å². The van der Waals surface area contributed by atoms with Gasteiger partial charge in [-0.25, -0.2) is 0 Å². The summed E-state index contributed by atoms with van der Waals surface area (Å²) < 4.78 is 0. The highest BCUT2D eigenvalue weighted by Crippen LogP contribution is 2.26. The van der Waals surface area contributed by atoms with E-state index >= 15 is 0 Å². The molecule has 0 bridgehead atoms. The Kier molecular flexibility index (Phi) is 3.94. The normalized spacial score (nSPS) is 16.2. The molecule has 1 aromatic heterocycles. The summed E-state index contributed by atoms with van der Waals surface area (Å²) in [4.78, 5) is 14.1. The summed E-state index contributed by atoms with van der Waals surface area (Å²) in [6, 6.07) is 9.10. The molecule has 110 valence electrons. The quantitative estimate of drug-likeness (QED) is 0.894. The van der Waals surface area contributed by atoms with Gasteiger partial charge in [0.2, 0.25) is 0 Å². The van der Waals surface area contributed by atoms with Crippen molar-refractivity contribution in [1.29, 1.82) is 0 Å². The van der Waals surface area contributed by atoms with Gasteiger partial charge in [-0.1, -0.05) is 29.8 Å². The molecule has 1 aromatic carbocycles. The van der Waals surface area contributed by atoms with Gasteiger partial charge in [0.15, 0.2) is 0 Å². The minimum atomic E-state index is -0.297. The first-order chi connectivity index (χ1) is 10.1. The molecule has 21 heavy (non-hydrogen) atoms. The summed E-state index contributed by atoms with van der Waals surface area (Å²) in [5.41, 5.74) is 1.89. The van der Waals surface area contributed by atoms with E-state index in [4.69, 9.17) is 11.6 Å². The average Bonchev–Trinajstić information content (AvgIpc) is 2.97. The van der Waals surface area contributed by atoms with Crippen LogP contribution in [0.25, 0.3) is 11.3 Å². The Morgan fingerprint density at radius 1 is 1.33 bits per heavy atom. The summed E-state index contributed by atoms with van der Waals surface area (Å²) >= 11 is 6.14. The first-order valence-electron chi connectivity index (χ1n) is 6.93. The van der Waals surface area contributed by atoms with E-state index in [1.807, 2.05) is 18.2 Å². The number of aliphatic hydroxyl groups is 1. The topological polar surface area (TPSA) is 69.2 Å². The molecule has 2 aromatic rings. The van der Waals surface area contributed by atoms with Gasteiger partial charge in [0.05, 0.1) is 16.8 Å². The predicted octanol–water partition coefficient (Wildman–Crippen LogP) is 2.33. The third kappa shape index (κ3) is 2.94. The number of nitrogens with zero attached hydrogens (tertiary/aromatic N) is 2. The third-order valence-corrected chi connectivity index (χ3v) is 4.04. The number of piperidine rings is 1. The molecule has 6 heteroatoms. The van der Waals surface area contributed by atoms with Crippen molar-refractivity contribution in [3.63, 3.8) is 0 Å². The van der Waals surface area contributed by atoms with Crippen LogP contribution in [-0.2, 0) is 0 Å². The molecule has 0 spiro atoms. The van der Waals surface area contributed by atoms with Crippen molar-refractivity contribution < 1.29 is 9.90 Å². The Labute approximate surface area is 127 Å². The Balaban J connectivity index is 1.79. The highest BCUT2D eigenvalue weighted by Gasteiger charge is 2.23. The van der Waals surface area contributed by atoms with Gasteiger partial charge in [-0.2, -0.15) is 5.10 Å². The minimum Gasteiger partial charge on any atom is -0.393 e. The van der Waals surface area contributed by atoms with Crippen molar-refractivity contribution in [2.75, 3.05) is 13.1 Å². The lowest BCUT2D eigenvalue weighted by atomic mass is 10.1. The van der Waals surface area contributed by atoms with Crippen LogP contribution in [0, 0.1) is 0 Å². The molecule has 1 aliphatic heterocycles. The summed E-state index contributed by atoms with van der Waals surface area (Å²) in [5.74, 6) is -0.0901. The lowest BCUT2D eigenvalue weighted by Crippen LogP contribution is -2.40. The van der Waals surface area contributed by atoms with Gasteiger partial charge in [0.25, 0.3) is 5.91 Å². The first-order valence-corrected chi connectivity index (χ1v) is 7.30. The molecule has 0 unspecified atom stereocenters. The number of benzene rings is 1. The molecular formula is C15H16ClN3O2. The van der Waals surface area contributed by atoms with Gasteiger partial charge in [0, 0.05) is 18.7 Å². The smallest absolute Gasteiger partial charge is 0.271 e. The van der Waals surface area contributed by atoms with Crippen LogP contribution < -0.4 is 0 Å². The SMILES string of the molecule is O=C(c1cc(-c2ccccc2Cl)n[nH]1)N1CCC(O)CC1. The number of halogens is 1. The molecule has 1 aliphatic rings. The molecule has 0 saturated carbocycles. The minimum absolute atomic E-state index is 0.0901. The van der Waals surface area contributed by atoms with E-state index in [-0.39, 0.29) is 12.0 Å². The Morgan fingerprint density at radius 2 is 2.05 bits per heavy atom. The molecule has 1 saturated heterocycles. The number of carbonyl (C=O) groups is 1. The van der Waals surface area contributed by atoms with Crippen LogP contribution >= 0.6 is 11.6 Å². The van der Waals surface area contributed by atoms with Crippen LogP contribution in [0.2, 0.25) is 5.02 Å². The second-order valence-corrected chi connectivity index (χ2v) is 5.58. The Hall–Kier alpha value is -1.85. The molecule has 0 radical (unpaired) electrons. The Bertz CT molecular complexity index is 648. The molecule has 1 amide bonds. The molecule has 1 fully saturated rings. The number of likely N-dealkylation sites (tertiary alicyclic amines) is 1.